The molecule has 1 aromatic carbocycles. The van der Waals surface area contributed by atoms with Gasteiger partial charge in [0.15, 0.2) is 21.4 Å². The van der Waals surface area contributed by atoms with E-state index in [9.17, 15) is 21.6 Å². The lowest BCUT2D eigenvalue weighted by molar-refractivity contribution is -0.0521. The van der Waals surface area contributed by atoms with Crippen molar-refractivity contribution in [2.75, 3.05) is 16.8 Å². The van der Waals surface area contributed by atoms with E-state index in [-0.39, 0.29) is 17.1 Å². The molecule has 0 saturated heterocycles. The van der Waals surface area contributed by atoms with Crippen LogP contribution in [0.15, 0.2) is 23.6 Å². The van der Waals surface area contributed by atoms with E-state index in [1.54, 1.807) is 0 Å². The summed E-state index contributed by atoms with van der Waals surface area (Å²) in [7, 11) is -3.27. The van der Waals surface area contributed by atoms with E-state index in [0.717, 1.165) is 17.5 Å². The summed E-state index contributed by atoms with van der Waals surface area (Å²) in [5.41, 5.74) is 5.63. The first kappa shape index (κ1) is 14.5. The molecule has 0 radical (unpaired) electrons. The predicted molar refractivity (Wildman–Crippen MR) is 67.8 cm³/mol. The number of ether oxygens (including phenoxy) is 1. The number of rotatable bonds is 4. The van der Waals surface area contributed by atoms with Gasteiger partial charge in [-0.05, 0) is 0 Å². The van der Waals surface area contributed by atoms with Gasteiger partial charge in [-0.15, -0.1) is 0 Å². The number of nitrogens with two attached hydrogens (primary N) is 1. The molecule has 0 aromatic heterocycles. The first-order chi connectivity index (χ1) is 9.27. The molecule has 0 saturated carbocycles. The summed E-state index contributed by atoms with van der Waals surface area (Å²) in [4.78, 5) is 0. The minimum atomic E-state index is -3.27. The zero-order valence-electron chi connectivity index (χ0n) is 10.0. The van der Waals surface area contributed by atoms with Gasteiger partial charge >= 0.3 is 6.61 Å². The van der Waals surface area contributed by atoms with E-state index in [0.29, 0.717) is 0 Å². The normalized spacial score (nSPS) is 20.3. The minimum Gasteiger partial charge on any atom is -0.432 e. The predicted octanol–water partition coefficient (Wildman–Crippen LogP) is 1.73. The third-order valence-electron chi connectivity index (χ3n) is 2.59. The highest BCUT2D eigenvalue weighted by molar-refractivity contribution is 7.94. The second-order valence-electron chi connectivity index (χ2n) is 4.16. The third-order valence-corrected chi connectivity index (χ3v) is 3.99. The molecule has 9 heteroatoms. The molecule has 2 rings (SSSR count). The number of anilines is 2. The molecule has 1 heterocycles. The van der Waals surface area contributed by atoms with Crippen LogP contribution in [0.1, 0.15) is 0 Å². The van der Waals surface area contributed by atoms with Crippen molar-refractivity contribution >= 4 is 21.2 Å². The maximum atomic E-state index is 13.4. The summed E-state index contributed by atoms with van der Waals surface area (Å²) in [6, 6.07) is 1.23. The Kier molecular flexibility index (Phi) is 3.80. The molecular formula is C11H11F3N2O3S. The topological polar surface area (TPSA) is 81.4 Å². The number of alkyl halides is 2. The van der Waals surface area contributed by atoms with Gasteiger partial charge in [0.2, 0.25) is 0 Å². The Morgan fingerprint density at radius 1 is 1.40 bits per heavy atom. The maximum absolute atomic E-state index is 13.4. The number of nitrogen functional groups attached to an aromatic ring is 1. The number of nitrogens with one attached hydrogen (secondary N) is 1. The number of hydrogen-bond acceptors (Lipinski definition) is 5. The Labute approximate surface area is 113 Å². The second kappa shape index (κ2) is 5.23. The van der Waals surface area contributed by atoms with E-state index in [1.165, 1.54) is 6.08 Å². The summed E-state index contributed by atoms with van der Waals surface area (Å²) in [5.74, 6) is -1.88. The lowest BCUT2D eigenvalue weighted by Gasteiger charge is -2.15. The number of benzene rings is 1. The molecule has 1 aliphatic rings. The Bertz CT molecular complexity index is 647. The first-order valence-electron chi connectivity index (χ1n) is 5.48. The van der Waals surface area contributed by atoms with Crippen molar-refractivity contribution in [1.82, 2.24) is 0 Å². The summed E-state index contributed by atoms with van der Waals surface area (Å²) in [6.45, 7) is -3.17. The quantitative estimate of drug-likeness (QED) is 0.828. The molecule has 0 bridgehead atoms. The van der Waals surface area contributed by atoms with Crippen molar-refractivity contribution < 1.29 is 26.3 Å². The smallest absolute Gasteiger partial charge is 0.387 e. The lowest BCUT2D eigenvalue weighted by atomic mass is 10.2. The van der Waals surface area contributed by atoms with E-state index < -0.39 is 34.1 Å². The molecule has 0 amide bonds. The fraction of sp³-hybridized carbons (Fsp3) is 0.273. The molecule has 0 spiro atoms. The first-order valence-corrected chi connectivity index (χ1v) is 7.20. The molecule has 1 atom stereocenters. The van der Waals surface area contributed by atoms with Gasteiger partial charge in [-0.1, -0.05) is 6.08 Å². The van der Waals surface area contributed by atoms with E-state index in [2.05, 4.69) is 10.1 Å². The van der Waals surface area contributed by atoms with Crippen LogP contribution in [-0.2, 0) is 9.84 Å². The average molecular weight is 308 g/mol. The van der Waals surface area contributed by atoms with Crippen LogP contribution in [0.25, 0.3) is 0 Å². The van der Waals surface area contributed by atoms with Crippen LogP contribution in [0.5, 0.6) is 5.75 Å². The Morgan fingerprint density at radius 3 is 2.65 bits per heavy atom. The van der Waals surface area contributed by atoms with Crippen LogP contribution in [0.2, 0.25) is 0 Å². The van der Waals surface area contributed by atoms with Gasteiger partial charge < -0.3 is 15.8 Å². The highest BCUT2D eigenvalue weighted by Gasteiger charge is 2.23. The van der Waals surface area contributed by atoms with E-state index in [4.69, 9.17) is 5.73 Å². The fourth-order valence-corrected chi connectivity index (χ4v) is 2.98. The van der Waals surface area contributed by atoms with Crippen molar-refractivity contribution in [1.29, 1.82) is 0 Å². The standard InChI is InChI=1S/C11H11F3N2O3S/c12-7-3-8(15)9(4-10(7)19-11(13)14)16-6-1-2-20(17,18)5-6/h1-4,6,11,16H,5,15H2. The zero-order chi connectivity index (χ0) is 14.9. The average Bonchev–Trinajstić information content (AvgIpc) is 2.64. The molecular weight excluding hydrogens is 297 g/mol. The van der Waals surface area contributed by atoms with Crippen LogP contribution in [0.3, 0.4) is 0 Å². The van der Waals surface area contributed by atoms with Gasteiger partial charge in [0.25, 0.3) is 0 Å². The van der Waals surface area contributed by atoms with Gasteiger partial charge in [0, 0.05) is 17.5 Å². The molecule has 110 valence electrons. The zero-order valence-corrected chi connectivity index (χ0v) is 10.8. The summed E-state index contributed by atoms with van der Waals surface area (Å²) < 4.78 is 64.1. The largest absolute Gasteiger partial charge is 0.432 e. The van der Waals surface area contributed by atoms with Crippen LogP contribution < -0.4 is 15.8 Å². The molecule has 0 fully saturated rings. The molecule has 20 heavy (non-hydrogen) atoms. The molecule has 0 aliphatic carbocycles. The van der Waals surface area contributed by atoms with Crippen LogP contribution in [-0.4, -0.2) is 26.8 Å². The van der Waals surface area contributed by atoms with Crippen molar-refractivity contribution in [2.24, 2.45) is 0 Å². The molecule has 1 aromatic rings. The Hall–Kier alpha value is -1.90. The van der Waals surface area contributed by atoms with Gasteiger partial charge in [-0.2, -0.15) is 8.78 Å². The van der Waals surface area contributed by atoms with Crippen molar-refractivity contribution in [3.05, 3.63) is 29.4 Å². The minimum absolute atomic E-state index is 0.0400. The number of sulfone groups is 1. The summed E-state index contributed by atoms with van der Waals surface area (Å²) >= 11 is 0. The SMILES string of the molecule is Nc1cc(F)c(OC(F)F)cc1NC1C=CS(=O)(=O)C1. The van der Waals surface area contributed by atoms with Gasteiger partial charge in [-0.25, -0.2) is 12.8 Å². The van der Waals surface area contributed by atoms with Crippen molar-refractivity contribution in [2.45, 2.75) is 12.7 Å². The Morgan fingerprint density at radius 2 is 2.10 bits per heavy atom. The summed E-state index contributed by atoms with van der Waals surface area (Å²) in [5, 5.41) is 3.77. The molecule has 3 N–H and O–H groups in total. The molecule has 5 nitrogen and oxygen atoms in total. The van der Waals surface area contributed by atoms with Crippen molar-refractivity contribution in [3.8, 4) is 5.75 Å². The number of halogens is 3. The Balaban J connectivity index is 2.22. The van der Waals surface area contributed by atoms with Gasteiger partial charge in [0.05, 0.1) is 23.2 Å². The monoisotopic (exact) mass is 308 g/mol. The maximum Gasteiger partial charge on any atom is 0.387 e. The molecule has 1 unspecified atom stereocenters. The number of hydrogen-bond donors (Lipinski definition) is 2. The fourth-order valence-electron chi connectivity index (χ4n) is 1.75. The highest BCUT2D eigenvalue weighted by atomic mass is 32.2. The van der Waals surface area contributed by atoms with Gasteiger partial charge in [0.1, 0.15) is 0 Å². The van der Waals surface area contributed by atoms with Gasteiger partial charge in [-0.3, -0.25) is 0 Å². The highest BCUT2D eigenvalue weighted by Crippen LogP contribution is 2.30. The van der Waals surface area contributed by atoms with Crippen LogP contribution in [0.4, 0.5) is 24.5 Å². The summed E-state index contributed by atoms with van der Waals surface area (Å²) in [6.07, 6.45) is 1.39. The van der Waals surface area contributed by atoms with Crippen molar-refractivity contribution in [3.63, 3.8) is 0 Å². The van der Waals surface area contributed by atoms with E-state index >= 15 is 0 Å². The third kappa shape index (κ3) is 3.35. The second-order valence-corrected chi connectivity index (χ2v) is 6.09. The van der Waals surface area contributed by atoms with Crippen LogP contribution >= 0.6 is 0 Å². The molecule has 1 aliphatic heterocycles. The van der Waals surface area contributed by atoms with E-state index in [1.807, 2.05) is 0 Å². The lowest BCUT2D eigenvalue weighted by Crippen LogP contribution is -2.21. The van der Waals surface area contributed by atoms with Crippen LogP contribution in [0, 0.1) is 5.82 Å².